The molecule has 0 amide bonds. The average molecular weight is 369 g/mol. The van der Waals surface area contributed by atoms with Crippen molar-refractivity contribution in [2.45, 2.75) is 23.4 Å². The lowest BCUT2D eigenvalue weighted by atomic mass is 9.95. The van der Waals surface area contributed by atoms with Crippen LogP contribution in [0.5, 0.6) is 0 Å². The van der Waals surface area contributed by atoms with E-state index in [-0.39, 0.29) is 5.56 Å². The fourth-order valence-corrected chi connectivity index (χ4v) is 3.12. The van der Waals surface area contributed by atoms with Crippen molar-refractivity contribution in [3.05, 3.63) is 70.3 Å². The minimum atomic E-state index is -4.81. The highest BCUT2D eigenvalue weighted by Crippen LogP contribution is 2.57. The molecule has 0 spiro atoms. The number of halogens is 8. The highest BCUT2D eigenvalue weighted by molar-refractivity contribution is 6.23. The molecule has 0 heterocycles. The molecule has 0 radical (unpaired) electrons. The second-order valence-corrected chi connectivity index (χ2v) is 5.83. The van der Waals surface area contributed by atoms with Gasteiger partial charge in [0.05, 0.1) is 10.9 Å². The Kier molecular flexibility index (Phi) is 3.64. The third kappa shape index (κ3) is 2.29. The molecule has 2 aromatic carbocycles. The van der Waals surface area contributed by atoms with Crippen LogP contribution in [-0.2, 0) is 18.0 Å². The molecule has 0 N–H and O–H groups in total. The van der Waals surface area contributed by atoms with Crippen LogP contribution in [0.2, 0.25) is 0 Å². The molecule has 128 valence electrons. The SMILES string of the molecule is FC(F)(F)c1ccc2c(c1)C(Cl)c1ccccc1C(F)(F)C2(F)F. The van der Waals surface area contributed by atoms with Crippen molar-refractivity contribution in [3.8, 4) is 0 Å². The maximum absolute atomic E-state index is 14.4. The number of benzene rings is 2. The van der Waals surface area contributed by atoms with Gasteiger partial charge in [0.25, 0.3) is 0 Å². The van der Waals surface area contributed by atoms with E-state index >= 15 is 0 Å². The van der Waals surface area contributed by atoms with Crippen molar-refractivity contribution < 1.29 is 30.7 Å². The Morgan fingerprint density at radius 3 is 1.92 bits per heavy atom. The van der Waals surface area contributed by atoms with Crippen LogP contribution in [-0.4, -0.2) is 0 Å². The molecule has 3 rings (SSSR count). The Morgan fingerprint density at radius 1 is 0.792 bits per heavy atom. The highest BCUT2D eigenvalue weighted by atomic mass is 35.5. The monoisotopic (exact) mass is 368 g/mol. The lowest BCUT2D eigenvalue weighted by Crippen LogP contribution is -2.35. The molecule has 0 aromatic heterocycles. The maximum Gasteiger partial charge on any atom is 0.416 e. The van der Waals surface area contributed by atoms with E-state index in [9.17, 15) is 30.7 Å². The normalized spacial score (nSPS) is 21.6. The fraction of sp³-hybridized carbons (Fsp3) is 0.250. The molecule has 8 heteroatoms. The van der Waals surface area contributed by atoms with Crippen LogP contribution in [0.1, 0.15) is 33.2 Å². The molecule has 0 saturated carbocycles. The van der Waals surface area contributed by atoms with E-state index in [4.69, 9.17) is 11.6 Å². The number of fused-ring (bicyclic) bond motifs is 2. The summed E-state index contributed by atoms with van der Waals surface area (Å²) in [6.07, 6.45) is -4.81. The van der Waals surface area contributed by atoms with Crippen molar-refractivity contribution in [1.82, 2.24) is 0 Å². The van der Waals surface area contributed by atoms with E-state index < -0.39 is 45.7 Å². The molecule has 0 fully saturated rings. The van der Waals surface area contributed by atoms with E-state index in [2.05, 4.69) is 0 Å². The lowest BCUT2D eigenvalue weighted by Gasteiger charge is -2.27. The van der Waals surface area contributed by atoms with Crippen molar-refractivity contribution in [3.63, 3.8) is 0 Å². The molecule has 0 saturated heterocycles. The van der Waals surface area contributed by atoms with Crippen LogP contribution in [0.4, 0.5) is 30.7 Å². The van der Waals surface area contributed by atoms with Gasteiger partial charge in [0, 0.05) is 11.1 Å². The summed E-state index contributed by atoms with van der Waals surface area (Å²) in [6.45, 7) is 0. The van der Waals surface area contributed by atoms with E-state index in [0.717, 1.165) is 18.2 Å². The number of hydrogen-bond donors (Lipinski definition) is 0. The van der Waals surface area contributed by atoms with Crippen molar-refractivity contribution in [2.75, 3.05) is 0 Å². The van der Waals surface area contributed by atoms with Gasteiger partial charge in [-0.2, -0.15) is 30.7 Å². The summed E-state index contributed by atoms with van der Waals surface area (Å²) in [4.78, 5) is 0. The molecule has 24 heavy (non-hydrogen) atoms. The minimum absolute atomic E-state index is 0.345. The number of hydrogen-bond acceptors (Lipinski definition) is 0. The summed E-state index contributed by atoms with van der Waals surface area (Å²) in [7, 11) is 0. The van der Waals surface area contributed by atoms with Gasteiger partial charge in [-0.05, 0) is 23.3 Å². The summed E-state index contributed by atoms with van der Waals surface area (Å²) in [5.41, 5.74) is -4.47. The van der Waals surface area contributed by atoms with Gasteiger partial charge in [0.15, 0.2) is 0 Å². The van der Waals surface area contributed by atoms with Gasteiger partial charge in [0.2, 0.25) is 0 Å². The average Bonchev–Trinajstić information content (AvgIpc) is 2.56. The second-order valence-electron chi connectivity index (χ2n) is 5.40. The van der Waals surface area contributed by atoms with E-state index in [1.807, 2.05) is 0 Å². The van der Waals surface area contributed by atoms with Crippen LogP contribution >= 0.6 is 11.6 Å². The highest BCUT2D eigenvalue weighted by Gasteiger charge is 2.62. The Balaban J connectivity index is 2.36. The standard InChI is InChI=1S/C16H8ClF7/c17-13-9-3-1-2-4-11(9)14(18,19)15(20,21)12-6-5-8(7-10(12)13)16(22,23)24/h1-7,13H. The van der Waals surface area contributed by atoms with E-state index in [1.165, 1.54) is 6.07 Å². The minimum Gasteiger partial charge on any atom is -0.194 e. The zero-order valence-corrected chi connectivity index (χ0v) is 12.4. The molecule has 1 aliphatic carbocycles. The maximum atomic E-state index is 14.4. The first-order chi connectivity index (χ1) is 11.0. The molecule has 2 aromatic rings. The molecule has 1 aliphatic rings. The molecular weight excluding hydrogens is 361 g/mol. The van der Waals surface area contributed by atoms with E-state index in [0.29, 0.717) is 18.2 Å². The number of rotatable bonds is 0. The molecule has 0 aliphatic heterocycles. The third-order valence-electron chi connectivity index (χ3n) is 3.96. The first-order valence-corrected chi connectivity index (χ1v) is 7.12. The van der Waals surface area contributed by atoms with Gasteiger partial charge in [0.1, 0.15) is 0 Å². The first kappa shape index (κ1) is 17.1. The molecule has 0 nitrogen and oxygen atoms in total. The lowest BCUT2D eigenvalue weighted by molar-refractivity contribution is -0.223. The van der Waals surface area contributed by atoms with Crippen LogP contribution < -0.4 is 0 Å². The van der Waals surface area contributed by atoms with Crippen LogP contribution in [0.3, 0.4) is 0 Å². The molecular formula is C16H8ClF7. The summed E-state index contributed by atoms with van der Waals surface area (Å²) in [5, 5.41) is -1.56. The van der Waals surface area contributed by atoms with Crippen LogP contribution in [0.25, 0.3) is 0 Å². The van der Waals surface area contributed by atoms with Gasteiger partial charge in [-0.25, -0.2) is 0 Å². The Hall–Kier alpha value is -1.76. The molecule has 1 unspecified atom stereocenters. The largest absolute Gasteiger partial charge is 0.416 e. The predicted molar refractivity (Wildman–Crippen MR) is 73.4 cm³/mol. The summed E-state index contributed by atoms with van der Waals surface area (Å²) >= 11 is 6.02. The summed E-state index contributed by atoms with van der Waals surface area (Å²) < 4.78 is 96.2. The van der Waals surface area contributed by atoms with Gasteiger partial charge in [-0.3, -0.25) is 0 Å². The van der Waals surface area contributed by atoms with Gasteiger partial charge in [-0.15, -0.1) is 11.6 Å². The van der Waals surface area contributed by atoms with E-state index in [1.54, 1.807) is 0 Å². The quantitative estimate of drug-likeness (QED) is 0.382. The second kappa shape index (κ2) is 5.12. The Labute approximate surface area is 136 Å². The van der Waals surface area contributed by atoms with Gasteiger partial charge in [-0.1, -0.05) is 30.3 Å². The fourth-order valence-electron chi connectivity index (χ4n) is 2.74. The van der Waals surface area contributed by atoms with Crippen LogP contribution in [0.15, 0.2) is 42.5 Å². The van der Waals surface area contributed by atoms with Gasteiger partial charge < -0.3 is 0 Å². The van der Waals surface area contributed by atoms with Crippen molar-refractivity contribution in [2.24, 2.45) is 0 Å². The topological polar surface area (TPSA) is 0 Å². The summed E-state index contributed by atoms with van der Waals surface area (Å²) in [6, 6.07) is 5.47. The predicted octanol–water partition coefficient (Wildman–Crippen LogP) is 6.23. The van der Waals surface area contributed by atoms with Gasteiger partial charge >= 0.3 is 18.0 Å². The molecule has 0 bridgehead atoms. The van der Waals surface area contributed by atoms with Crippen molar-refractivity contribution >= 4 is 11.6 Å². The Bertz CT molecular complexity index is 795. The molecule has 1 atom stereocenters. The first-order valence-electron chi connectivity index (χ1n) is 6.68. The smallest absolute Gasteiger partial charge is 0.194 e. The van der Waals surface area contributed by atoms with Crippen molar-refractivity contribution in [1.29, 1.82) is 0 Å². The zero-order valence-electron chi connectivity index (χ0n) is 11.6. The third-order valence-corrected chi connectivity index (χ3v) is 4.43. The summed E-state index contributed by atoms with van der Waals surface area (Å²) in [5.74, 6) is -9.31. The zero-order chi connectivity index (χ0) is 17.9. The van der Waals surface area contributed by atoms with Crippen LogP contribution in [0, 0.1) is 0 Å². The number of alkyl halides is 8. The Morgan fingerprint density at radius 2 is 1.33 bits per heavy atom.